The van der Waals surface area contributed by atoms with Gasteiger partial charge in [0.1, 0.15) is 6.54 Å². The van der Waals surface area contributed by atoms with E-state index in [9.17, 15) is 4.79 Å². The number of para-hydroxylation sites is 1. The molecule has 0 unspecified atom stereocenters. The molecule has 2 aromatic heterocycles. The van der Waals surface area contributed by atoms with Crippen molar-refractivity contribution < 1.29 is 9.90 Å². The first-order valence-corrected chi connectivity index (χ1v) is 6.13. The van der Waals surface area contributed by atoms with Gasteiger partial charge in [-0.3, -0.25) is 0 Å². The molecule has 0 atom stereocenters. The van der Waals surface area contributed by atoms with Gasteiger partial charge in [0.15, 0.2) is 11.5 Å². The maximum atomic E-state index is 11.0. The largest absolute Gasteiger partial charge is 0.476 e. The van der Waals surface area contributed by atoms with Gasteiger partial charge < -0.3 is 5.11 Å². The van der Waals surface area contributed by atoms with Crippen LogP contribution in [0.5, 0.6) is 0 Å². The van der Waals surface area contributed by atoms with Gasteiger partial charge in [0.25, 0.3) is 0 Å². The molecule has 0 radical (unpaired) electrons. The Labute approximate surface area is 118 Å². The van der Waals surface area contributed by atoms with Crippen LogP contribution < -0.4 is 0 Å². The molecule has 0 aliphatic heterocycles. The first-order valence-electron chi connectivity index (χ1n) is 6.13. The van der Waals surface area contributed by atoms with Crippen LogP contribution in [0.1, 0.15) is 22.0 Å². The van der Waals surface area contributed by atoms with Crippen molar-refractivity contribution in [3.63, 3.8) is 0 Å². The zero-order valence-corrected chi connectivity index (χ0v) is 11.1. The Kier molecular flexibility index (Phi) is 3.14. The van der Waals surface area contributed by atoms with Crippen molar-refractivity contribution in [2.45, 2.75) is 13.5 Å². The lowest BCUT2D eigenvalue weighted by Gasteiger charge is -2.05. The van der Waals surface area contributed by atoms with Crippen molar-refractivity contribution in [1.82, 2.24) is 35.2 Å². The molecule has 0 spiro atoms. The predicted octanol–water partition coefficient (Wildman–Crippen LogP) is 0.309. The molecular weight excluding hydrogens is 274 g/mol. The van der Waals surface area contributed by atoms with E-state index >= 15 is 0 Å². The van der Waals surface area contributed by atoms with Gasteiger partial charge in [-0.05, 0) is 29.5 Å². The summed E-state index contributed by atoms with van der Waals surface area (Å²) in [5.41, 5.74) is 1.19. The van der Waals surface area contributed by atoms with Gasteiger partial charge in [-0.1, -0.05) is 23.4 Å². The number of aromatic carboxylic acids is 1. The Balaban J connectivity index is 1.94. The lowest BCUT2D eigenvalue weighted by molar-refractivity contribution is 0.0689. The quantitative estimate of drug-likeness (QED) is 0.734. The summed E-state index contributed by atoms with van der Waals surface area (Å²) in [6.45, 7) is 1.87. The van der Waals surface area contributed by atoms with E-state index in [-0.39, 0.29) is 12.2 Å². The Morgan fingerprint density at radius 2 is 1.95 bits per heavy atom. The number of nitrogens with zero attached hydrogens (tertiary/aromatic N) is 7. The van der Waals surface area contributed by atoms with Crippen molar-refractivity contribution in [1.29, 1.82) is 0 Å². The van der Waals surface area contributed by atoms with Gasteiger partial charge in [0.05, 0.1) is 11.4 Å². The number of hydrogen-bond donors (Lipinski definition) is 1. The van der Waals surface area contributed by atoms with E-state index in [1.165, 1.54) is 4.68 Å². The summed E-state index contributed by atoms with van der Waals surface area (Å²) < 4.78 is 3.02. The first kappa shape index (κ1) is 12.9. The van der Waals surface area contributed by atoms with Gasteiger partial charge in [-0.2, -0.15) is 4.68 Å². The van der Waals surface area contributed by atoms with Crippen LogP contribution in [-0.2, 0) is 6.54 Å². The second kappa shape index (κ2) is 5.12. The number of benzene rings is 1. The summed E-state index contributed by atoms with van der Waals surface area (Å²) in [4.78, 5) is 11.0. The van der Waals surface area contributed by atoms with Gasteiger partial charge in [-0.25, -0.2) is 9.48 Å². The first-order chi connectivity index (χ1) is 10.2. The highest BCUT2D eigenvalue weighted by Gasteiger charge is 2.17. The Hall–Kier alpha value is -3.10. The molecule has 3 rings (SSSR count). The lowest BCUT2D eigenvalue weighted by atomic mass is 10.3. The number of aromatic nitrogens is 7. The molecule has 1 aromatic carbocycles. The van der Waals surface area contributed by atoms with E-state index in [4.69, 9.17) is 5.11 Å². The van der Waals surface area contributed by atoms with Crippen molar-refractivity contribution >= 4 is 5.97 Å². The van der Waals surface area contributed by atoms with Gasteiger partial charge in [0.2, 0.25) is 0 Å². The highest BCUT2D eigenvalue weighted by molar-refractivity contribution is 5.86. The summed E-state index contributed by atoms with van der Waals surface area (Å²) >= 11 is 0. The topological polar surface area (TPSA) is 112 Å². The van der Waals surface area contributed by atoms with Crippen molar-refractivity contribution in [3.05, 3.63) is 47.5 Å². The Morgan fingerprint density at radius 1 is 1.19 bits per heavy atom. The van der Waals surface area contributed by atoms with Crippen LogP contribution in [0.25, 0.3) is 5.69 Å². The van der Waals surface area contributed by atoms with E-state index in [0.717, 1.165) is 5.69 Å². The maximum Gasteiger partial charge on any atom is 0.358 e. The van der Waals surface area contributed by atoms with Crippen molar-refractivity contribution in [2.75, 3.05) is 0 Å². The molecule has 0 bridgehead atoms. The van der Waals surface area contributed by atoms with Crippen LogP contribution in [0.4, 0.5) is 0 Å². The van der Waals surface area contributed by atoms with Gasteiger partial charge in [0, 0.05) is 0 Å². The average molecular weight is 285 g/mol. The molecule has 0 aliphatic rings. The normalized spacial score (nSPS) is 10.7. The fourth-order valence-corrected chi connectivity index (χ4v) is 1.92. The highest BCUT2D eigenvalue weighted by Crippen LogP contribution is 2.10. The minimum Gasteiger partial charge on any atom is -0.476 e. The standard InChI is InChI=1S/C12H11N7O2/c1-8-11(12(20)21)14-16-18(8)7-10-13-15-17-19(10)9-5-3-2-4-6-9/h2-6H,7H2,1H3,(H,20,21). The van der Waals surface area contributed by atoms with Crippen LogP contribution in [0.3, 0.4) is 0 Å². The molecule has 0 fully saturated rings. The van der Waals surface area contributed by atoms with Crippen LogP contribution in [0.2, 0.25) is 0 Å². The number of tetrazole rings is 1. The minimum absolute atomic E-state index is 0.0752. The third kappa shape index (κ3) is 2.36. The van der Waals surface area contributed by atoms with Crippen molar-refractivity contribution in [3.8, 4) is 5.69 Å². The summed E-state index contributed by atoms with van der Waals surface area (Å²) in [7, 11) is 0. The van der Waals surface area contributed by atoms with E-state index in [2.05, 4.69) is 25.8 Å². The van der Waals surface area contributed by atoms with Crippen LogP contribution in [0, 0.1) is 6.92 Å². The number of carboxylic acids is 1. The molecular formula is C12H11N7O2. The fraction of sp³-hybridized carbons (Fsp3) is 0.167. The molecule has 0 aliphatic carbocycles. The average Bonchev–Trinajstić information content (AvgIpc) is 3.08. The van der Waals surface area contributed by atoms with Gasteiger partial charge >= 0.3 is 5.97 Å². The van der Waals surface area contributed by atoms with Crippen LogP contribution >= 0.6 is 0 Å². The minimum atomic E-state index is -1.11. The lowest BCUT2D eigenvalue weighted by Crippen LogP contribution is -2.11. The van der Waals surface area contributed by atoms with E-state index in [1.54, 1.807) is 11.6 Å². The predicted molar refractivity (Wildman–Crippen MR) is 70.0 cm³/mol. The molecule has 1 N–H and O–H groups in total. The Morgan fingerprint density at radius 3 is 2.62 bits per heavy atom. The molecule has 3 aromatic rings. The molecule has 106 valence electrons. The number of carboxylic acid groups (broad SMARTS) is 1. The van der Waals surface area contributed by atoms with Gasteiger partial charge in [-0.15, -0.1) is 10.2 Å². The zero-order chi connectivity index (χ0) is 14.8. The third-order valence-electron chi connectivity index (χ3n) is 3.01. The summed E-state index contributed by atoms with van der Waals surface area (Å²) in [6, 6.07) is 9.40. The summed E-state index contributed by atoms with van der Waals surface area (Å²) in [5.74, 6) is -0.576. The van der Waals surface area contributed by atoms with Crippen LogP contribution in [0.15, 0.2) is 30.3 Å². The summed E-state index contributed by atoms with van der Waals surface area (Å²) in [5, 5.41) is 28.0. The fourth-order valence-electron chi connectivity index (χ4n) is 1.92. The number of carbonyl (C=O) groups is 1. The van der Waals surface area contributed by atoms with E-state index < -0.39 is 5.97 Å². The molecule has 9 nitrogen and oxygen atoms in total. The molecule has 9 heteroatoms. The molecule has 2 heterocycles. The van der Waals surface area contributed by atoms with Crippen LogP contribution in [-0.4, -0.2) is 46.3 Å². The maximum absolute atomic E-state index is 11.0. The summed E-state index contributed by atoms with van der Waals surface area (Å²) in [6.07, 6.45) is 0. The second-order valence-electron chi connectivity index (χ2n) is 4.33. The number of rotatable bonds is 4. The Bertz CT molecular complexity index is 778. The molecule has 0 saturated heterocycles. The highest BCUT2D eigenvalue weighted by atomic mass is 16.4. The molecule has 21 heavy (non-hydrogen) atoms. The molecule has 0 amide bonds. The smallest absolute Gasteiger partial charge is 0.358 e. The van der Waals surface area contributed by atoms with E-state index in [0.29, 0.717) is 11.5 Å². The second-order valence-corrected chi connectivity index (χ2v) is 4.33. The van der Waals surface area contributed by atoms with E-state index in [1.807, 2.05) is 30.3 Å². The zero-order valence-electron chi connectivity index (χ0n) is 11.1. The molecule has 0 saturated carbocycles. The number of hydrogen-bond acceptors (Lipinski definition) is 6. The SMILES string of the molecule is Cc1c(C(=O)O)nnn1Cc1nnnn1-c1ccccc1. The van der Waals surface area contributed by atoms with Crippen molar-refractivity contribution in [2.24, 2.45) is 0 Å². The third-order valence-corrected chi connectivity index (χ3v) is 3.01. The monoisotopic (exact) mass is 285 g/mol.